The van der Waals surface area contributed by atoms with Crippen LogP contribution in [0.15, 0.2) is 17.0 Å². The van der Waals surface area contributed by atoms with Crippen molar-refractivity contribution in [3.63, 3.8) is 0 Å². The molecule has 0 aromatic heterocycles. The smallest absolute Gasteiger partial charge is 0.335 e. The lowest BCUT2D eigenvalue weighted by molar-refractivity contribution is 0.0572. The Hall–Kier alpha value is -1.62. The Kier molecular flexibility index (Phi) is 3.97. The van der Waals surface area contributed by atoms with Crippen LogP contribution in [-0.2, 0) is 10.0 Å². The summed E-state index contributed by atoms with van der Waals surface area (Å²) in [5.41, 5.74) is -0.729. The summed E-state index contributed by atoms with van der Waals surface area (Å²) in [5, 5.41) is 27.4. The largest absolute Gasteiger partial charge is 0.478 e. The molecule has 2 unspecified atom stereocenters. The van der Waals surface area contributed by atoms with Gasteiger partial charge < -0.3 is 15.3 Å². The lowest BCUT2D eigenvalue weighted by Gasteiger charge is -2.16. The molecular weight excluding hydrogens is 312 g/mol. The van der Waals surface area contributed by atoms with Crippen molar-refractivity contribution in [1.82, 2.24) is 4.31 Å². The highest BCUT2D eigenvalue weighted by Crippen LogP contribution is 2.26. The summed E-state index contributed by atoms with van der Waals surface area (Å²) in [5.74, 6) is -4.95. The summed E-state index contributed by atoms with van der Waals surface area (Å²) in [6.45, 7) is -0.996. The van der Waals surface area contributed by atoms with E-state index in [0.29, 0.717) is 16.4 Å². The zero-order valence-corrected chi connectivity index (χ0v) is 11.2. The maximum atomic E-state index is 13.7. The standard InChI is InChI=1S/C11H11F2NO6S/c12-6-1-5(11(17)18)2-9(10(6)13)21(19,20)14-3-7(15)8(16)4-14/h1-2,7-8,15-16H,3-4H2,(H,17,18). The summed E-state index contributed by atoms with van der Waals surface area (Å²) >= 11 is 0. The molecule has 0 spiro atoms. The van der Waals surface area contributed by atoms with Crippen LogP contribution in [0.5, 0.6) is 0 Å². The van der Waals surface area contributed by atoms with Crippen molar-refractivity contribution >= 4 is 16.0 Å². The highest BCUT2D eigenvalue weighted by Gasteiger charge is 2.39. The van der Waals surface area contributed by atoms with Crippen molar-refractivity contribution in [2.45, 2.75) is 17.1 Å². The van der Waals surface area contributed by atoms with Crippen molar-refractivity contribution in [3.05, 3.63) is 29.3 Å². The van der Waals surface area contributed by atoms with Gasteiger partial charge in [-0.1, -0.05) is 0 Å². The fourth-order valence-electron chi connectivity index (χ4n) is 1.95. The van der Waals surface area contributed by atoms with E-state index in [2.05, 4.69) is 0 Å². The molecule has 2 rings (SSSR count). The number of aromatic carboxylic acids is 1. The van der Waals surface area contributed by atoms with Gasteiger partial charge in [0.2, 0.25) is 10.0 Å². The van der Waals surface area contributed by atoms with E-state index in [0.717, 1.165) is 0 Å². The number of aliphatic hydroxyl groups excluding tert-OH is 2. The third-order valence-corrected chi connectivity index (χ3v) is 4.92. The average Bonchev–Trinajstić information content (AvgIpc) is 2.73. The number of β-amino-alcohol motifs (C(OH)–C–C–N with tert-alkyl or cyclic N) is 2. The zero-order valence-electron chi connectivity index (χ0n) is 10.4. The lowest BCUT2D eigenvalue weighted by Crippen LogP contribution is -2.31. The highest BCUT2D eigenvalue weighted by molar-refractivity contribution is 7.89. The molecular formula is C11H11F2NO6S. The molecule has 1 fully saturated rings. The first kappa shape index (κ1) is 15.8. The van der Waals surface area contributed by atoms with Crippen LogP contribution in [0.1, 0.15) is 10.4 Å². The van der Waals surface area contributed by atoms with E-state index in [1.165, 1.54) is 0 Å². The molecule has 1 saturated heterocycles. The van der Waals surface area contributed by atoms with Gasteiger partial charge in [0.15, 0.2) is 11.6 Å². The second-order valence-electron chi connectivity index (χ2n) is 4.53. The summed E-state index contributed by atoms with van der Waals surface area (Å²) in [7, 11) is -4.58. The van der Waals surface area contributed by atoms with Crippen molar-refractivity contribution in [2.24, 2.45) is 0 Å². The predicted octanol–water partition coefficient (Wildman–Crippen LogP) is -0.611. The fourth-order valence-corrected chi connectivity index (χ4v) is 3.52. The molecule has 21 heavy (non-hydrogen) atoms. The van der Waals surface area contributed by atoms with Gasteiger partial charge in [0.25, 0.3) is 0 Å². The van der Waals surface area contributed by atoms with Crippen LogP contribution in [-0.4, -0.2) is 59.3 Å². The van der Waals surface area contributed by atoms with E-state index in [1.54, 1.807) is 0 Å². The normalized spacial score (nSPS) is 23.4. The monoisotopic (exact) mass is 323 g/mol. The number of aliphatic hydroxyl groups is 2. The summed E-state index contributed by atoms with van der Waals surface area (Å²) < 4.78 is 52.0. The number of nitrogens with zero attached hydrogens (tertiary/aromatic N) is 1. The van der Waals surface area contributed by atoms with Gasteiger partial charge in [-0.05, 0) is 12.1 Å². The second kappa shape index (κ2) is 5.30. The summed E-state index contributed by atoms with van der Waals surface area (Å²) in [6, 6.07) is 0.859. The molecule has 1 heterocycles. The first-order valence-electron chi connectivity index (χ1n) is 5.73. The number of hydrogen-bond acceptors (Lipinski definition) is 5. The van der Waals surface area contributed by atoms with E-state index in [1.807, 2.05) is 0 Å². The van der Waals surface area contributed by atoms with Crippen molar-refractivity contribution in [2.75, 3.05) is 13.1 Å². The van der Waals surface area contributed by atoms with Crippen molar-refractivity contribution in [3.8, 4) is 0 Å². The van der Waals surface area contributed by atoms with Crippen LogP contribution in [0, 0.1) is 11.6 Å². The van der Waals surface area contributed by atoms with Gasteiger partial charge in [-0.3, -0.25) is 0 Å². The molecule has 0 bridgehead atoms. The highest BCUT2D eigenvalue weighted by atomic mass is 32.2. The number of carboxylic acids is 1. The van der Waals surface area contributed by atoms with Crippen LogP contribution < -0.4 is 0 Å². The molecule has 116 valence electrons. The lowest BCUT2D eigenvalue weighted by atomic mass is 10.2. The molecule has 2 atom stereocenters. The Balaban J connectivity index is 2.52. The van der Waals surface area contributed by atoms with Crippen molar-refractivity contribution < 1.29 is 37.3 Å². The fraction of sp³-hybridized carbons (Fsp3) is 0.364. The molecule has 10 heteroatoms. The molecule has 7 nitrogen and oxygen atoms in total. The maximum Gasteiger partial charge on any atom is 0.335 e. The molecule has 1 aliphatic heterocycles. The zero-order chi connectivity index (χ0) is 15.9. The number of carboxylic acid groups (broad SMARTS) is 1. The number of hydrogen-bond donors (Lipinski definition) is 3. The van der Waals surface area contributed by atoms with Gasteiger partial charge in [-0.2, -0.15) is 4.31 Å². The molecule has 0 saturated carbocycles. The van der Waals surface area contributed by atoms with Crippen LogP contribution in [0.2, 0.25) is 0 Å². The van der Waals surface area contributed by atoms with E-state index < -0.39 is 63.4 Å². The molecule has 3 N–H and O–H groups in total. The van der Waals surface area contributed by atoms with E-state index >= 15 is 0 Å². The Morgan fingerprint density at radius 3 is 2.19 bits per heavy atom. The Labute approximate surface area is 118 Å². The topological polar surface area (TPSA) is 115 Å². The van der Waals surface area contributed by atoms with Gasteiger partial charge in [-0.25, -0.2) is 22.0 Å². The number of sulfonamides is 1. The third-order valence-electron chi connectivity index (χ3n) is 3.09. The first-order chi connectivity index (χ1) is 9.64. The summed E-state index contributed by atoms with van der Waals surface area (Å²) in [6.07, 6.45) is -2.70. The molecule has 0 aliphatic carbocycles. The van der Waals surface area contributed by atoms with E-state index in [4.69, 9.17) is 5.11 Å². The quantitative estimate of drug-likeness (QED) is 0.683. The van der Waals surface area contributed by atoms with Crippen LogP contribution >= 0.6 is 0 Å². The molecule has 0 radical (unpaired) electrons. The van der Waals surface area contributed by atoms with Gasteiger partial charge >= 0.3 is 5.97 Å². The molecule has 0 amide bonds. The molecule has 1 aromatic rings. The Morgan fingerprint density at radius 2 is 1.71 bits per heavy atom. The van der Waals surface area contributed by atoms with Gasteiger partial charge in [0.05, 0.1) is 17.8 Å². The van der Waals surface area contributed by atoms with E-state index in [9.17, 15) is 32.2 Å². The minimum atomic E-state index is -4.58. The number of halogens is 2. The molecule has 1 aromatic carbocycles. The number of benzene rings is 1. The first-order valence-corrected chi connectivity index (χ1v) is 7.17. The average molecular weight is 323 g/mol. The number of rotatable bonds is 3. The van der Waals surface area contributed by atoms with E-state index in [-0.39, 0.29) is 0 Å². The number of carbonyl (C=O) groups is 1. The summed E-state index contributed by atoms with van der Waals surface area (Å²) in [4.78, 5) is 9.64. The minimum absolute atomic E-state index is 0.365. The van der Waals surface area contributed by atoms with Crippen molar-refractivity contribution in [1.29, 1.82) is 0 Å². The van der Waals surface area contributed by atoms with Gasteiger partial charge in [0.1, 0.15) is 4.90 Å². The van der Waals surface area contributed by atoms with Crippen LogP contribution in [0.3, 0.4) is 0 Å². The Bertz CT molecular complexity index is 682. The van der Waals surface area contributed by atoms with Crippen LogP contribution in [0.4, 0.5) is 8.78 Å². The van der Waals surface area contributed by atoms with Gasteiger partial charge in [0, 0.05) is 13.1 Å². The Morgan fingerprint density at radius 1 is 1.19 bits per heavy atom. The van der Waals surface area contributed by atoms with Crippen LogP contribution in [0.25, 0.3) is 0 Å². The minimum Gasteiger partial charge on any atom is -0.478 e. The third kappa shape index (κ3) is 2.75. The molecule has 1 aliphatic rings. The maximum absolute atomic E-state index is 13.7. The predicted molar refractivity (Wildman–Crippen MR) is 64.1 cm³/mol. The second-order valence-corrected chi connectivity index (χ2v) is 6.44. The van der Waals surface area contributed by atoms with Gasteiger partial charge in [-0.15, -0.1) is 0 Å². The SMILES string of the molecule is O=C(O)c1cc(F)c(F)c(S(=O)(=O)N2CC(O)C(O)C2)c1.